The van der Waals surface area contributed by atoms with Crippen molar-refractivity contribution in [1.29, 1.82) is 0 Å². The van der Waals surface area contributed by atoms with Crippen LogP contribution >= 0.6 is 0 Å². The second-order valence-electron chi connectivity index (χ2n) is 18.7. The Balaban J connectivity index is 1.07. The van der Waals surface area contributed by atoms with Gasteiger partial charge in [0, 0.05) is 6.42 Å². The van der Waals surface area contributed by atoms with Crippen LogP contribution in [0.5, 0.6) is 0 Å². The zero-order valence-electron chi connectivity index (χ0n) is 33.6. The molecule has 0 spiro atoms. The van der Waals surface area contributed by atoms with E-state index in [2.05, 4.69) is 47.6 Å². The van der Waals surface area contributed by atoms with Crippen molar-refractivity contribution in [3.63, 3.8) is 0 Å². The molecular weight excluding hydrogens is 601 g/mol. The third-order valence-corrected chi connectivity index (χ3v) is 14.7. The average molecular weight is 683 g/mol. The monoisotopic (exact) mass is 683 g/mol. The van der Waals surface area contributed by atoms with Crippen LogP contribution < -0.4 is 0 Å². The van der Waals surface area contributed by atoms with Gasteiger partial charge >= 0.3 is 6.16 Å². The van der Waals surface area contributed by atoms with Gasteiger partial charge in [-0.25, -0.2) is 4.79 Å². The summed E-state index contributed by atoms with van der Waals surface area (Å²) in [7, 11) is 0. The molecule has 8 atom stereocenters. The predicted octanol–water partition coefficient (Wildman–Crippen LogP) is 14.8. The largest absolute Gasteiger partial charge is 0.508 e. The smallest absolute Gasteiger partial charge is 0.434 e. The van der Waals surface area contributed by atoms with E-state index >= 15 is 0 Å². The molecule has 0 heterocycles. The van der Waals surface area contributed by atoms with Gasteiger partial charge in [-0.2, -0.15) is 0 Å². The van der Waals surface area contributed by atoms with E-state index in [0.29, 0.717) is 17.4 Å². The molecule has 0 aromatic rings. The fraction of sp³-hybridized carbons (Fsp3) is 0.935. The highest BCUT2D eigenvalue weighted by Crippen LogP contribution is 2.67. The number of fused-ring (bicyclic) bond motifs is 5. The van der Waals surface area contributed by atoms with E-state index in [-0.39, 0.29) is 6.10 Å². The number of hydrogen-bond acceptors (Lipinski definition) is 3. The number of carbonyl (C=O) groups is 1. The topological polar surface area (TPSA) is 35.5 Å². The number of hydrogen-bond donors (Lipinski definition) is 0. The normalized spacial score (nSPS) is 31.5. The second kappa shape index (κ2) is 20.9. The number of unbranched alkanes of at least 4 members (excludes halogenated alkanes) is 15. The van der Waals surface area contributed by atoms with Crippen molar-refractivity contribution in [3.8, 4) is 0 Å². The highest BCUT2D eigenvalue weighted by atomic mass is 16.7. The van der Waals surface area contributed by atoms with Crippen LogP contribution in [0, 0.1) is 46.3 Å². The molecule has 0 N–H and O–H groups in total. The summed E-state index contributed by atoms with van der Waals surface area (Å²) in [5.41, 5.74) is 2.43. The van der Waals surface area contributed by atoms with Gasteiger partial charge in [0.15, 0.2) is 0 Å². The molecule has 0 radical (unpaired) electrons. The van der Waals surface area contributed by atoms with Crippen molar-refractivity contribution >= 4 is 6.16 Å². The van der Waals surface area contributed by atoms with Crippen molar-refractivity contribution in [2.24, 2.45) is 46.3 Å². The van der Waals surface area contributed by atoms with Gasteiger partial charge in [-0.1, -0.05) is 169 Å². The first-order chi connectivity index (χ1) is 23.7. The predicted molar refractivity (Wildman–Crippen MR) is 209 cm³/mol. The molecule has 0 bridgehead atoms. The molecule has 284 valence electrons. The van der Waals surface area contributed by atoms with E-state index in [1.54, 1.807) is 5.57 Å². The zero-order valence-corrected chi connectivity index (χ0v) is 33.6. The van der Waals surface area contributed by atoms with Gasteiger partial charge in [0.05, 0.1) is 6.61 Å². The molecule has 3 fully saturated rings. The first kappa shape index (κ1) is 40.8. The Labute approximate surface area is 305 Å². The van der Waals surface area contributed by atoms with Gasteiger partial charge < -0.3 is 9.47 Å². The number of rotatable bonds is 23. The Kier molecular flexibility index (Phi) is 17.4. The minimum absolute atomic E-state index is 0.00873. The molecule has 0 saturated heterocycles. The van der Waals surface area contributed by atoms with E-state index in [1.807, 2.05) is 0 Å². The van der Waals surface area contributed by atoms with Gasteiger partial charge in [0.2, 0.25) is 0 Å². The second-order valence-corrected chi connectivity index (χ2v) is 18.7. The first-order valence-corrected chi connectivity index (χ1v) is 22.2. The lowest BCUT2D eigenvalue weighted by Gasteiger charge is -2.58. The molecule has 49 heavy (non-hydrogen) atoms. The van der Waals surface area contributed by atoms with Gasteiger partial charge in [-0.3, -0.25) is 0 Å². The Morgan fingerprint density at radius 3 is 1.96 bits per heavy atom. The molecule has 3 nitrogen and oxygen atoms in total. The third kappa shape index (κ3) is 11.8. The molecule has 0 aromatic carbocycles. The Bertz CT molecular complexity index is 969. The summed E-state index contributed by atoms with van der Waals surface area (Å²) in [6, 6.07) is 0. The highest BCUT2D eigenvalue weighted by molar-refractivity contribution is 5.60. The highest BCUT2D eigenvalue weighted by Gasteiger charge is 2.59. The van der Waals surface area contributed by atoms with Crippen molar-refractivity contribution < 1.29 is 14.3 Å². The summed E-state index contributed by atoms with van der Waals surface area (Å²) < 4.78 is 11.5. The summed E-state index contributed by atoms with van der Waals surface area (Å²) in [6.07, 6.45) is 38.1. The standard InChI is InChI=1S/C46H82O3/c1-7-8-9-10-11-12-13-14-15-16-17-18-19-20-21-22-34-48-44(47)49-39-30-32-45(5)38(35-39)26-27-40-42-29-28-41(37(4)25-23-24-36(2)3)46(42,6)33-31-43(40)45/h26,36-37,39-43H,7-25,27-35H2,1-6H3/t37-,39+,40+,41-,42+,43+,45+,46-/m1/s1. The minimum atomic E-state index is -0.434. The molecule has 0 aliphatic heterocycles. The number of ether oxygens (including phenoxy) is 2. The van der Waals surface area contributed by atoms with Crippen LogP contribution in [-0.4, -0.2) is 18.9 Å². The molecule has 0 unspecified atom stereocenters. The van der Waals surface area contributed by atoms with Crippen LogP contribution in [0.25, 0.3) is 0 Å². The molecule has 3 saturated carbocycles. The fourth-order valence-corrected chi connectivity index (χ4v) is 11.7. The van der Waals surface area contributed by atoms with E-state index in [4.69, 9.17) is 9.47 Å². The van der Waals surface area contributed by atoms with Crippen LogP contribution in [0.4, 0.5) is 4.79 Å². The molecule has 4 aliphatic carbocycles. The lowest BCUT2D eigenvalue weighted by molar-refractivity contribution is -0.0617. The van der Waals surface area contributed by atoms with Gasteiger partial charge in [-0.15, -0.1) is 0 Å². The maximum atomic E-state index is 12.6. The Morgan fingerprint density at radius 1 is 0.735 bits per heavy atom. The molecule has 3 heteroatoms. The van der Waals surface area contributed by atoms with Crippen LogP contribution in [0.2, 0.25) is 0 Å². The van der Waals surface area contributed by atoms with Gasteiger partial charge in [0.1, 0.15) is 6.10 Å². The molecule has 4 rings (SSSR count). The summed E-state index contributed by atoms with van der Waals surface area (Å²) in [4.78, 5) is 12.6. The third-order valence-electron chi connectivity index (χ3n) is 14.7. The van der Waals surface area contributed by atoms with Crippen LogP contribution in [-0.2, 0) is 9.47 Å². The lowest BCUT2D eigenvalue weighted by atomic mass is 9.47. The van der Waals surface area contributed by atoms with Crippen molar-refractivity contribution in [1.82, 2.24) is 0 Å². The summed E-state index contributed by atoms with van der Waals surface area (Å²) in [5, 5.41) is 0. The Hall–Kier alpha value is -0.990. The van der Waals surface area contributed by atoms with E-state index in [9.17, 15) is 4.79 Å². The Morgan fingerprint density at radius 2 is 1.35 bits per heavy atom. The van der Waals surface area contributed by atoms with E-state index in [1.165, 1.54) is 141 Å². The zero-order chi connectivity index (χ0) is 35.1. The lowest BCUT2D eigenvalue weighted by Crippen LogP contribution is -2.51. The van der Waals surface area contributed by atoms with Crippen LogP contribution in [0.3, 0.4) is 0 Å². The maximum absolute atomic E-state index is 12.6. The number of carbonyl (C=O) groups excluding carboxylic acids is 1. The first-order valence-electron chi connectivity index (χ1n) is 22.2. The fourth-order valence-electron chi connectivity index (χ4n) is 11.7. The van der Waals surface area contributed by atoms with Crippen molar-refractivity contribution in [3.05, 3.63) is 11.6 Å². The maximum Gasteiger partial charge on any atom is 0.508 e. The summed E-state index contributed by atoms with van der Waals surface area (Å²) >= 11 is 0. The number of allylic oxidation sites excluding steroid dienone is 1. The van der Waals surface area contributed by atoms with Crippen molar-refractivity contribution in [2.45, 2.75) is 221 Å². The molecule has 4 aliphatic rings. The van der Waals surface area contributed by atoms with Crippen molar-refractivity contribution in [2.75, 3.05) is 6.61 Å². The van der Waals surface area contributed by atoms with Gasteiger partial charge in [-0.05, 0) is 97.7 Å². The van der Waals surface area contributed by atoms with Crippen LogP contribution in [0.1, 0.15) is 215 Å². The van der Waals surface area contributed by atoms with E-state index < -0.39 is 6.16 Å². The quantitative estimate of drug-likeness (QED) is 0.0611. The SMILES string of the molecule is CCCCCCCCCCCCCCCCCCOC(=O)O[C@H]1CC[C@@]2(C)C(=CC[C@H]3[C@@H]4CC[C@H]([C@H](C)CCCC(C)C)[C@@]4(C)CC[C@@H]32)C1. The van der Waals surface area contributed by atoms with Crippen LogP contribution in [0.15, 0.2) is 11.6 Å². The minimum Gasteiger partial charge on any atom is -0.434 e. The average Bonchev–Trinajstić information content (AvgIpc) is 3.43. The summed E-state index contributed by atoms with van der Waals surface area (Å²) in [6.45, 7) is 15.4. The van der Waals surface area contributed by atoms with E-state index in [0.717, 1.165) is 67.6 Å². The molecular formula is C46H82O3. The molecule has 0 aromatic heterocycles. The van der Waals surface area contributed by atoms with Gasteiger partial charge in [0.25, 0.3) is 0 Å². The summed E-state index contributed by atoms with van der Waals surface area (Å²) in [5.74, 6) is 5.17. The molecule has 0 amide bonds.